The number of carbonyl (C=O) groups excluding carboxylic acids is 1. The van der Waals surface area contributed by atoms with Crippen molar-refractivity contribution in [3.8, 4) is 0 Å². The van der Waals surface area contributed by atoms with E-state index in [0.717, 1.165) is 18.4 Å². The van der Waals surface area contributed by atoms with Gasteiger partial charge in [0.1, 0.15) is 0 Å². The molecule has 0 saturated heterocycles. The lowest BCUT2D eigenvalue weighted by Gasteiger charge is -2.20. The van der Waals surface area contributed by atoms with Crippen LogP contribution < -0.4 is 11.1 Å². The molecule has 3 N–H and O–H groups in total. The topological polar surface area (TPSA) is 55.1 Å². The van der Waals surface area contributed by atoms with Crippen molar-refractivity contribution < 1.29 is 4.79 Å². The third-order valence-corrected chi connectivity index (χ3v) is 3.70. The van der Waals surface area contributed by atoms with Gasteiger partial charge in [-0.25, -0.2) is 0 Å². The number of hydrogen-bond acceptors (Lipinski definition) is 2. The minimum absolute atomic E-state index is 0.00479. The molecule has 2 rings (SSSR count). The first-order chi connectivity index (χ1) is 8.10. The number of carbonyl (C=O) groups is 1. The van der Waals surface area contributed by atoms with Crippen LogP contribution in [0.4, 0.5) is 0 Å². The Balaban J connectivity index is 2.26. The average Bonchev–Trinajstić information content (AvgIpc) is 3.11. The van der Waals surface area contributed by atoms with Gasteiger partial charge in [-0.05, 0) is 44.4 Å². The van der Waals surface area contributed by atoms with Crippen LogP contribution in [-0.2, 0) is 5.41 Å². The van der Waals surface area contributed by atoms with E-state index in [4.69, 9.17) is 5.73 Å². The molecule has 1 saturated carbocycles. The second kappa shape index (κ2) is 4.49. The number of nitrogens with two attached hydrogens (primary N) is 1. The van der Waals surface area contributed by atoms with E-state index in [1.165, 1.54) is 5.56 Å². The van der Waals surface area contributed by atoms with Gasteiger partial charge in [-0.15, -0.1) is 0 Å². The lowest BCUT2D eigenvalue weighted by Crippen LogP contribution is -2.32. The van der Waals surface area contributed by atoms with Crippen molar-refractivity contribution in [3.63, 3.8) is 0 Å². The standard InChI is InChI=1S/C14H20N2O/c1-3-16-13(17)11-5-4-6-12(9-11)14(7-8-14)10(2)15/h4-6,9-10H,3,7-8,15H2,1-2H3,(H,16,17). The molecular formula is C14H20N2O. The van der Waals surface area contributed by atoms with Crippen molar-refractivity contribution in [2.24, 2.45) is 5.73 Å². The van der Waals surface area contributed by atoms with Crippen LogP contribution in [0.2, 0.25) is 0 Å². The van der Waals surface area contributed by atoms with Crippen LogP contribution in [0.25, 0.3) is 0 Å². The fourth-order valence-corrected chi connectivity index (χ4v) is 2.37. The van der Waals surface area contributed by atoms with Crippen molar-refractivity contribution in [2.75, 3.05) is 6.54 Å². The third-order valence-electron chi connectivity index (χ3n) is 3.70. The Kier molecular flexibility index (Phi) is 3.20. The summed E-state index contributed by atoms with van der Waals surface area (Å²) in [5.41, 5.74) is 8.10. The summed E-state index contributed by atoms with van der Waals surface area (Å²) in [7, 11) is 0. The number of rotatable bonds is 4. The normalized spacial score (nSPS) is 18.5. The van der Waals surface area contributed by atoms with Gasteiger partial charge in [-0.2, -0.15) is 0 Å². The minimum Gasteiger partial charge on any atom is -0.352 e. The lowest BCUT2D eigenvalue weighted by atomic mass is 9.88. The van der Waals surface area contributed by atoms with E-state index in [1.54, 1.807) is 0 Å². The van der Waals surface area contributed by atoms with E-state index < -0.39 is 0 Å². The zero-order valence-corrected chi connectivity index (χ0v) is 10.5. The van der Waals surface area contributed by atoms with Crippen LogP contribution in [0.1, 0.15) is 42.6 Å². The maximum absolute atomic E-state index is 11.8. The van der Waals surface area contributed by atoms with Crippen LogP contribution >= 0.6 is 0 Å². The van der Waals surface area contributed by atoms with Gasteiger partial charge in [0.25, 0.3) is 5.91 Å². The molecule has 1 amide bonds. The first-order valence-electron chi connectivity index (χ1n) is 6.24. The van der Waals surface area contributed by atoms with Crippen LogP contribution in [0.5, 0.6) is 0 Å². The van der Waals surface area contributed by atoms with Gasteiger partial charge in [0.05, 0.1) is 0 Å². The molecule has 1 aliphatic rings. The minimum atomic E-state index is -0.00479. The van der Waals surface area contributed by atoms with Gasteiger partial charge in [0.2, 0.25) is 0 Å². The van der Waals surface area contributed by atoms with Crippen molar-refractivity contribution in [2.45, 2.75) is 38.1 Å². The molecule has 1 fully saturated rings. The summed E-state index contributed by atoms with van der Waals surface area (Å²) >= 11 is 0. The first kappa shape index (κ1) is 12.1. The number of nitrogens with one attached hydrogen (secondary N) is 1. The molecule has 3 heteroatoms. The molecule has 0 aromatic heterocycles. The number of hydrogen-bond donors (Lipinski definition) is 2. The monoisotopic (exact) mass is 232 g/mol. The van der Waals surface area contributed by atoms with Crippen molar-refractivity contribution in [1.82, 2.24) is 5.32 Å². The van der Waals surface area contributed by atoms with Crippen LogP contribution in [-0.4, -0.2) is 18.5 Å². The highest BCUT2D eigenvalue weighted by atomic mass is 16.1. The Labute approximate surface area is 102 Å². The zero-order valence-electron chi connectivity index (χ0n) is 10.5. The molecule has 1 unspecified atom stereocenters. The molecule has 1 aliphatic carbocycles. The Morgan fingerprint density at radius 2 is 2.24 bits per heavy atom. The quantitative estimate of drug-likeness (QED) is 0.832. The van der Waals surface area contributed by atoms with E-state index in [2.05, 4.69) is 11.4 Å². The fourth-order valence-electron chi connectivity index (χ4n) is 2.37. The molecule has 0 spiro atoms. The summed E-state index contributed by atoms with van der Waals surface area (Å²) in [6.45, 7) is 4.62. The van der Waals surface area contributed by atoms with Crippen molar-refractivity contribution >= 4 is 5.91 Å². The van der Waals surface area contributed by atoms with E-state index in [1.807, 2.05) is 32.0 Å². The highest BCUT2D eigenvalue weighted by molar-refractivity contribution is 5.94. The largest absolute Gasteiger partial charge is 0.352 e. The molecule has 3 nitrogen and oxygen atoms in total. The summed E-state index contributed by atoms with van der Waals surface area (Å²) in [5, 5.41) is 2.82. The van der Waals surface area contributed by atoms with Crippen LogP contribution in [0.3, 0.4) is 0 Å². The second-order valence-electron chi connectivity index (χ2n) is 4.89. The van der Waals surface area contributed by atoms with E-state index in [9.17, 15) is 4.79 Å². The maximum atomic E-state index is 11.8. The Bertz CT molecular complexity index is 422. The molecule has 1 aromatic rings. The average molecular weight is 232 g/mol. The molecule has 0 heterocycles. The van der Waals surface area contributed by atoms with Gasteiger partial charge < -0.3 is 11.1 Å². The Morgan fingerprint density at radius 3 is 2.76 bits per heavy atom. The third kappa shape index (κ3) is 2.20. The molecule has 0 aliphatic heterocycles. The summed E-state index contributed by atoms with van der Waals surface area (Å²) < 4.78 is 0. The second-order valence-corrected chi connectivity index (χ2v) is 4.89. The summed E-state index contributed by atoms with van der Waals surface area (Å²) in [4.78, 5) is 11.8. The van der Waals surface area contributed by atoms with Gasteiger partial charge >= 0.3 is 0 Å². The summed E-state index contributed by atoms with van der Waals surface area (Å²) in [6, 6.07) is 8.01. The van der Waals surface area contributed by atoms with E-state index in [-0.39, 0.29) is 17.4 Å². The zero-order chi connectivity index (χ0) is 12.5. The van der Waals surface area contributed by atoms with Gasteiger partial charge in [-0.1, -0.05) is 12.1 Å². The first-order valence-corrected chi connectivity index (χ1v) is 6.24. The van der Waals surface area contributed by atoms with E-state index >= 15 is 0 Å². The smallest absolute Gasteiger partial charge is 0.251 e. The summed E-state index contributed by atoms with van der Waals surface area (Å²) in [5.74, 6) is -0.00479. The highest BCUT2D eigenvalue weighted by Gasteiger charge is 2.47. The fraction of sp³-hybridized carbons (Fsp3) is 0.500. The molecule has 17 heavy (non-hydrogen) atoms. The maximum Gasteiger partial charge on any atom is 0.251 e. The van der Waals surface area contributed by atoms with Crippen LogP contribution in [0.15, 0.2) is 24.3 Å². The SMILES string of the molecule is CCNC(=O)c1cccc(C2(C(C)N)CC2)c1. The van der Waals surface area contributed by atoms with Crippen molar-refractivity contribution in [1.29, 1.82) is 0 Å². The Morgan fingerprint density at radius 1 is 1.53 bits per heavy atom. The predicted molar refractivity (Wildman–Crippen MR) is 69.0 cm³/mol. The Hall–Kier alpha value is -1.35. The molecule has 0 radical (unpaired) electrons. The highest BCUT2D eigenvalue weighted by Crippen LogP contribution is 2.50. The van der Waals surface area contributed by atoms with Crippen LogP contribution in [0, 0.1) is 0 Å². The summed E-state index contributed by atoms with van der Waals surface area (Å²) in [6.07, 6.45) is 2.26. The lowest BCUT2D eigenvalue weighted by molar-refractivity contribution is 0.0955. The van der Waals surface area contributed by atoms with Gasteiger partial charge in [0.15, 0.2) is 0 Å². The molecule has 0 bridgehead atoms. The van der Waals surface area contributed by atoms with Crippen molar-refractivity contribution in [3.05, 3.63) is 35.4 Å². The number of amides is 1. The number of benzene rings is 1. The molecule has 92 valence electrons. The molecule has 1 atom stereocenters. The predicted octanol–water partition coefficient (Wildman–Crippen LogP) is 1.82. The van der Waals surface area contributed by atoms with Gasteiger partial charge in [-0.3, -0.25) is 4.79 Å². The van der Waals surface area contributed by atoms with E-state index in [0.29, 0.717) is 6.54 Å². The molecule has 1 aromatic carbocycles. The van der Waals surface area contributed by atoms with Gasteiger partial charge in [0, 0.05) is 23.6 Å². The molecular weight excluding hydrogens is 212 g/mol.